The van der Waals surface area contributed by atoms with E-state index in [1.807, 2.05) is 72.5 Å². The molecular formula is C54H64N16O16S3+2. The molecule has 4 atom stereocenters. The predicted molar refractivity (Wildman–Crippen MR) is 314 cm³/mol. The van der Waals surface area contributed by atoms with Gasteiger partial charge in [-0.15, -0.1) is 40.6 Å². The fraction of sp³-hybridized carbons (Fsp3) is 0.407. The van der Waals surface area contributed by atoms with Crippen LogP contribution in [0.15, 0.2) is 94.4 Å². The normalized spacial score (nSPS) is 19.0. The van der Waals surface area contributed by atoms with Crippen LogP contribution in [0, 0.1) is 11.8 Å². The number of carbonyl (C=O) groups excluding carboxylic acids is 4. The summed E-state index contributed by atoms with van der Waals surface area (Å²) in [6, 6.07) is 10.9. The van der Waals surface area contributed by atoms with Crippen LogP contribution in [0.3, 0.4) is 0 Å². The van der Waals surface area contributed by atoms with Gasteiger partial charge >= 0.3 is 22.3 Å². The van der Waals surface area contributed by atoms with Crippen molar-refractivity contribution in [3.63, 3.8) is 0 Å². The SMILES string of the molecule is C[n+]1cc(-c2ccc(OC[C@H](O/N=C(\C(=O)N[C@@H]3C(=O)N(OS(=O)(=O)ON4C(=O)[C@@H](NC(=O)/C(=N\O[C@@H](COc5ccc(-c6cn(CC7CNC7)[n+](C)c6)cc5)C(=O)O)c5csc(N)n5)C4(C)C)C3(C)C)c3csc(N)n3)C(=O)O)cc2)cn1CC1CNC1. The van der Waals surface area contributed by atoms with Crippen LogP contribution in [0.5, 0.6) is 11.5 Å². The molecule has 0 bridgehead atoms. The molecule has 0 saturated carbocycles. The summed E-state index contributed by atoms with van der Waals surface area (Å²) in [5.74, 6) is -5.75. The summed E-state index contributed by atoms with van der Waals surface area (Å²) in [7, 11) is -1.44. The summed E-state index contributed by atoms with van der Waals surface area (Å²) in [5.41, 5.74) is 10.5. The Morgan fingerprint density at radius 3 is 1.34 bits per heavy atom. The number of rotatable bonds is 28. The third-order valence-corrected chi connectivity index (χ3v) is 17.1. The Hall–Kier alpha value is -9.13. The van der Waals surface area contributed by atoms with E-state index in [0.717, 1.165) is 84.2 Å². The number of hydrogen-bond acceptors (Lipinski definition) is 24. The van der Waals surface area contributed by atoms with Gasteiger partial charge in [-0.3, -0.25) is 19.2 Å². The smallest absolute Gasteiger partial charge is 0.442 e. The molecule has 4 fully saturated rings. The number of carbonyl (C=O) groups is 6. The monoisotopic (exact) mass is 1290 g/mol. The molecule has 4 aromatic heterocycles. The van der Waals surface area contributed by atoms with Gasteiger partial charge in [-0.2, -0.15) is 27.9 Å². The van der Waals surface area contributed by atoms with Crippen LogP contribution >= 0.6 is 22.7 Å². The number of nitrogens with one attached hydrogen (secondary N) is 4. The number of ether oxygens (including phenoxy) is 2. The van der Waals surface area contributed by atoms with Crippen LogP contribution in [0.4, 0.5) is 10.3 Å². The van der Waals surface area contributed by atoms with Crippen molar-refractivity contribution in [2.24, 2.45) is 36.2 Å². The molecule has 0 radical (unpaired) electrons. The van der Waals surface area contributed by atoms with Gasteiger partial charge in [-0.05, 0) is 63.1 Å². The number of carboxylic acid groups (broad SMARTS) is 2. The number of nitrogens with zero attached hydrogens (tertiary/aromatic N) is 10. The van der Waals surface area contributed by atoms with Gasteiger partial charge in [-0.25, -0.2) is 19.6 Å². The molecule has 2 aromatic carbocycles. The number of benzene rings is 2. The highest BCUT2D eigenvalue weighted by atomic mass is 32.3. The quantitative estimate of drug-likeness (QED) is 0.0130. The Morgan fingerprint density at radius 2 is 1.03 bits per heavy atom. The van der Waals surface area contributed by atoms with Gasteiger partial charge < -0.3 is 62.1 Å². The highest BCUT2D eigenvalue weighted by Crippen LogP contribution is 2.37. The average molecular weight is 1290 g/mol. The van der Waals surface area contributed by atoms with Crippen molar-refractivity contribution in [3.8, 4) is 33.8 Å². The molecule has 4 amide bonds. The van der Waals surface area contributed by atoms with Gasteiger partial charge in [0.05, 0.1) is 47.7 Å². The Balaban J connectivity index is 0.728. The number of anilines is 2. The van der Waals surface area contributed by atoms with Gasteiger partial charge in [0, 0.05) is 48.8 Å². The van der Waals surface area contributed by atoms with E-state index in [1.165, 1.54) is 38.5 Å². The molecule has 32 nitrogen and oxygen atoms in total. The van der Waals surface area contributed by atoms with E-state index in [4.69, 9.17) is 39.2 Å². The summed E-state index contributed by atoms with van der Waals surface area (Å²) >= 11 is 1.83. The lowest BCUT2D eigenvalue weighted by molar-refractivity contribution is -0.754. The first-order valence-corrected chi connectivity index (χ1v) is 30.6. The molecule has 4 aliphatic heterocycles. The van der Waals surface area contributed by atoms with Crippen molar-refractivity contribution in [1.29, 1.82) is 0 Å². The number of aromatic nitrogens is 6. The molecule has 89 heavy (non-hydrogen) atoms. The molecule has 8 heterocycles. The molecule has 472 valence electrons. The fourth-order valence-corrected chi connectivity index (χ4v) is 11.7. The zero-order chi connectivity index (χ0) is 63.7. The minimum absolute atomic E-state index is 0.00394. The standard InChI is InChI=1S/C54H62N16O16S3/c1-53(2)43(61-45(71)41(37-27-87-51(55)59-37)63-83-39(49(75)76)25-81-35-11-7-31(8-12-35)33-21-65(5)67(23-33)19-29-15-57-16-29)47(73)69(53)85-89(79,80)86-70-48(74)44(54(70,3)4)62-46(72)42(38-28-88-52(56)60-38)64-84-40(50(77)78)26-82-36-13-9-32(10-14-36)34-22-66(6)68(24-34)20-30-17-58-18-30/h7-14,21-24,27-30,39-40,43-44,57-58H,15-20,25-26H2,1-6H3,(H6-2,55,56,59,60,61,62,71,72,75,76,77,78)/p+2/b63-41-,64-42-/t39-,40-,43+,44+/m0/s1. The number of oxime groups is 2. The number of aryl methyl sites for hydroxylation is 2. The van der Waals surface area contributed by atoms with E-state index in [9.17, 15) is 47.4 Å². The molecular weight excluding hydrogens is 1220 g/mol. The molecule has 10 N–H and O–H groups in total. The van der Waals surface area contributed by atoms with E-state index in [2.05, 4.69) is 50.9 Å². The van der Waals surface area contributed by atoms with Gasteiger partial charge in [-0.1, -0.05) is 34.6 Å². The highest BCUT2D eigenvalue weighted by Gasteiger charge is 2.61. The van der Waals surface area contributed by atoms with E-state index >= 15 is 0 Å². The maximum absolute atomic E-state index is 13.9. The lowest BCUT2D eigenvalue weighted by atomic mass is 9.84. The second kappa shape index (κ2) is 25.5. The second-order valence-corrected chi connectivity index (χ2v) is 25.3. The lowest BCUT2D eigenvalue weighted by Crippen LogP contribution is -2.78. The fourth-order valence-electron chi connectivity index (χ4n) is 9.67. The lowest BCUT2D eigenvalue weighted by Gasteiger charge is -2.52. The van der Waals surface area contributed by atoms with E-state index in [1.54, 1.807) is 24.3 Å². The highest BCUT2D eigenvalue weighted by molar-refractivity contribution is 7.81. The minimum atomic E-state index is -5.36. The number of aliphatic carboxylic acids is 2. The number of thiazole rings is 2. The number of nitrogens with two attached hydrogens (primary N) is 2. The van der Waals surface area contributed by atoms with E-state index in [0.29, 0.717) is 33.5 Å². The Kier molecular flexibility index (Phi) is 18.0. The number of carboxylic acids is 2. The van der Waals surface area contributed by atoms with Crippen LogP contribution in [0.2, 0.25) is 0 Å². The van der Waals surface area contributed by atoms with E-state index < -0.39 is 106 Å². The number of hydrogen-bond donors (Lipinski definition) is 8. The van der Waals surface area contributed by atoms with Crippen molar-refractivity contribution >= 4 is 90.3 Å². The third-order valence-electron chi connectivity index (χ3n) is 15.1. The van der Waals surface area contributed by atoms with Crippen molar-refractivity contribution in [3.05, 3.63) is 95.5 Å². The van der Waals surface area contributed by atoms with Crippen LogP contribution in [0.25, 0.3) is 22.3 Å². The molecule has 4 saturated heterocycles. The molecule has 10 rings (SSSR count). The molecule has 35 heteroatoms. The average Bonchev–Trinajstić information content (AvgIpc) is 1.20. The van der Waals surface area contributed by atoms with Crippen molar-refractivity contribution < 1.29 is 84.5 Å². The summed E-state index contributed by atoms with van der Waals surface area (Å²) in [6.45, 7) is 9.74. The topological polar surface area (TPSA) is 407 Å². The van der Waals surface area contributed by atoms with Crippen LogP contribution < -0.4 is 51.6 Å². The van der Waals surface area contributed by atoms with Crippen molar-refractivity contribution in [2.75, 3.05) is 50.9 Å². The second-order valence-electron chi connectivity index (χ2n) is 22.4. The van der Waals surface area contributed by atoms with Crippen LogP contribution in [0.1, 0.15) is 39.1 Å². The van der Waals surface area contributed by atoms with Gasteiger partial charge in [0.2, 0.25) is 12.4 Å². The largest absolute Gasteiger partial charge is 0.489 e. The first-order valence-electron chi connectivity index (χ1n) is 27.5. The first kappa shape index (κ1) is 62.9. The van der Waals surface area contributed by atoms with Crippen molar-refractivity contribution in [1.82, 2.24) is 50.7 Å². The number of β-lactam (4-membered cyclic amide) rings is 2. The molecule has 0 aliphatic carbocycles. The summed E-state index contributed by atoms with van der Waals surface area (Å²) in [4.78, 5) is 98.5. The predicted octanol–water partition coefficient (Wildman–Crippen LogP) is -0.686. The summed E-state index contributed by atoms with van der Waals surface area (Å²) in [6.07, 6.45) is 4.55. The van der Waals surface area contributed by atoms with E-state index in [-0.39, 0.29) is 21.7 Å². The Morgan fingerprint density at radius 1 is 0.663 bits per heavy atom. The molecule has 6 aromatic rings. The Labute approximate surface area is 515 Å². The van der Waals surface area contributed by atoms with Gasteiger partial charge in [0.25, 0.3) is 35.8 Å². The van der Waals surface area contributed by atoms with Crippen molar-refractivity contribution in [2.45, 2.75) is 76.2 Å². The maximum Gasteiger partial charge on any atom is 0.442 e. The molecule has 4 aliphatic rings. The summed E-state index contributed by atoms with van der Waals surface area (Å²) in [5, 5.41) is 42.5. The zero-order valence-corrected chi connectivity index (χ0v) is 51.1. The first-order chi connectivity index (χ1) is 42.2. The number of hydroxylamine groups is 4. The minimum Gasteiger partial charge on any atom is -0.489 e. The summed E-state index contributed by atoms with van der Waals surface area (Å²) < 4.78 is 56.7. The zero-order valence-electron chi connectivity index (χ0n) is 48.7. The molecule has 0 spiro atoms. The maximum atomic E-state index is 13.9. The molecule has 0 unspecified atom stereocenters. The number of amides is 4. The van der Waals surface area contributed by atoms with Gasteiger partial charge in [0.15, 0.2) is 35.8 Å². The van der Waals surface area contributed by atoms with Gasteiger partial charge in [0.1, 0.15) is 48.2 Å². The Bertz CT molecular complexity index is 3610. The third kappa shape index (κ3) is 13.9. The number of nitrogen functional groups attached to an aromatic ring is 2. The van der Waals surface area contributed by atoms with Crippen LogP contribution in [-0.2, 0) is 84.6 Å². The van der Waals surface area contributed by atoms with Crippen LogP contribution in [-0.4, -0.2) is 170 Å².